The molecule has 0 saturated heterocycles. The van der Waals surface area contributed by atoms with Crippen molar-refractivity contribution in [2.75, 3.05) is 14.2 Å². The Hall–Kier alpha value is -2.87. The Morgan fingerprint density at radius 1 is 1.04 bits per heavy atom. The minimum absolute atomic E-state index is 0.128. The number of aliphatic imine (C=N–C) groups is 1. The number of sulfonamides is 1. The number of nitrogens with zero attached hydrogens (tertiary/aromatic N) is 2. The van der Waals surface area contributed by atoms with Gasteiger partial charge in [0.05, 0.1) is 19.1 Å². The minimum atomic E-state index is -3.90. The van der Waals surface area contributed by atoms with E-state index in [2.05, 4.69) is 4.99 Å². The first-order valence-corrected chi connectivity index (χ1v) is 9.68. The van der Waals surface area contributed by atoms with Crippen molar-refractivity contribution in [3.05, 3.63) is 59.7 Å². The van der Waals surface area contributed by atoms with Gasteiger partial charge in [-0.1, -0.05) is 29.8 Å². The minimum Gasteiger partial charge on any atom is -0.497 e. The second kappa shape index (κ2) is 7.40. The van der Waals surface area contributed by atoms with Gasteiger partial charge in [-0.3, -0.25) is 4.99 Å². The molecule has 2 atom stereocenters. The third-order valence-corrected chi connectivity index (χ3v) is 6.16. The monoisotopic (exact) mass is 388 g/mol. The summed E-state index contributed by atoms with van der Waals surface area (Å²) in [5, 5.41) is 0. The van der Waals surface area contributed by atoms with E-state index in [1.165, 1.54) is 25.6 Å². The summed E-state index contributed by atoms with van der Waals surface area (Å²) in [6, 6.07) is 11.5. The molecule has 0 amide bonds. The summed E-state index contributed by atoms with van der Waals surface area (Å²) in [4.78, 5) is 16.4. The lowest BCUT2D eigenvalue weighted by Crippen LogP contribution is -2.37. The maximum atomic E-state index is 13.2. The topological polar surface area (TPSA) is 85.3 Å². The van der Waals surface area contributed by atoms with Crippen LogP contribution in [-0.2, 0) is 19.6 Å². The summed E-state index contributed by atoms with van der Waals surface area (Å²) >= 11 is 0. The molecule has 142 valence electrons. The number of esters is 1. The average Bonchev–Trinajstić information content (AvgIpc) is 3.13. The van der Waals surface area contributed by atoms with Crippen LogP contribution in [0.15, 0.2) is 58.4 Å². The molecule has 7 nitrogen and oxygen atoms in total. The lowest BCUT2D eigenvalue weighted by Gasteiger charge is -2.27. The zero-order valence-electron chi connectivity index (χ0n) is 15.2. The highest BCUT2D eigenvalue weighted by atomic mass is 32.2. The molecule has 0 saturated carbocycles. The van der Waals surface area contributed by atoms with Crippen LogP contribution < -0.4 is 4.74 Å². The van der Waals surface area contributed by atoms with E-state index in [4.69, 9.17) is 9.47 Å². The zero-order chi connectivity index (χ0) is 19.6. The number of carbonyl (C=O) groups excluding carboxylic acids is 1. The first-order valence-electron chi connectivity index (χ1n) is 8.24. The maximum absolute atomic E-state index is 13.2. The first-order chi connectivity index (χ1) is 12.9. The summed E-state index contributed by atoms with van der Waals surface area (Å²) in [6.07, 6.45) is 1.19. The number of carbonyl (C=O) groups is 1. The third kappa shape index (κ3) is 3.52. The average molecular weight is 388 g/mol. The van der Waals surface area contributed by atoms with E-state index in [0.717, 1.165) is 9.87 Å². The maximum Gasteiger partial charge on any atom is 0.333 e. The molecule has 2 aromatic carbocycles. The molecule has 0 N–H and O–H groups in total. The fourth-order valence-corrected chi connectivity index (χ4v) is 4.35. The predicted molar refractivity (Wildman–Crippen MR) is 100 cm³/mol. The largest absolute Gasteiger partial charge is 0.497 e. The van der Waals surface area contributed by atoms with Crippen LogP contribution in [0.4, 0.5) is 0 Å². The molecular weight excluding hydrogens is 368 g/mol. The quantitative estimate of drug-likeness (QED) is 0.734. The summed E-state index contributed by atoms with van der Waals surface area (Å²) in [5.74, 6) is 0.0221. The van der Waals surface area contributed by atoms with Crippen LogP contribution in [-0.4, -0.2) is 45.3 Å². The van der Waals surface area contributed by atoms with Crippen molar-refractivity contribution in [1.82, 2.24) is 4.31 Å². The van der Waals surface area contributed by atoms with E-state index >= 15 is 0 Å². The normalized spacial score (nSPS) is 19.1. The van der Waals surface area contributed by atoms with Gasteiger partial charge in [0.15, 0.2) is 6.04 Å². The van der Waals surface area contributed by atoms with Crippen molar-refractivity contribution in [1.29, 1.82) is 0 Å². The Balaban J connectivity index is 2.05. The van der Waals surface area contributed by atoms with Gasteiger partial charge in [0.1, 0.15) is 18.1 Å². The number of rotatable bonds is 5. The van der Waals surface area contributed by atoms with E-state index in [-0.39, 0.29) is 4.90 Å². The van der Waals surface area contributed by atoms with Crippen LogP contribution in [0.5, 0.6) is 5.75 Å². The van der Waals surface area contributed by atoms with Crippen LogP contribution >= 0.6 is 0 Å². The fraction of sp³-hybridized carbons (Fsp3) is 0.263. The van der Waals surface area contributed by atoms with Crippen molar-refractivity contribution in [3.8, 4) is 5.75 Å². The molecule has 0 aliphatic carbocycles. The lowest BCUT2D eigenvalue weighted by atomic mass is 10.0. The van der Waals surface area contributed by atoms with Gasteiger partial charge < -0.3 is 9.47 Å². The van der Waals surface area contributed by atoms with Gasteiger partial charge in [-0.25, -0.2) is 17.5 Å². The van der Waals surface area contributed by atoms with Crippen LogP contribution in [0.3, 0.4) is 0 Å². The molecule has 0 fully saturated rings. The highest BCUT2D eigenvalue weighted by Gasteiger charge is 2.43. The summed E-state index contributed by atoms with van der Waals surface area (Å²) in [7, 11) is -1.11. The van der Waals surface area contributed by atoms with Crippen LogP contribution in [0.25, 0.3) is 0 Å². The number of benzene rings is 2. The molecule has 2 aromatic rings. The van der Waals surface area contributed by atoms with Gasteiger partial charge >= 0.3 is 5.97 Å². The molecule has 0 spiro atoms. The molecule has 0 bridgehead atoms. The molecular formula is C19H20N2O5S. The number of aryl methyl sites for hydroxylation is 1. The predicted octanol–water partition coefficient (Wildman–Crippen LogP) is 2.32. The number of methoxy groups -OCH3 is 2. The van der Waals surface area contributed by atoms with Crippen molar-refractivity contribution in [2.45, 2.75) is 23.9 Å². The lowest BCUT2D eigenvalue weighted by molar-refractivity contribution is -0.142. The second-order valence-electron chi connectivity index (χ2n) is 6.10. The highest BCUT2D eigenvalue weighted by Crippen LogP contribution is 2.35. The van der Waals surface area contributed by atoms with Crippen molar-refractivity contribution < 1.29 is 22.7 Å². The third-order valence-electron chi connectivity index (χ3n) is 4.41. The molecule has 1 heterocycles. The summed E-state index contributed by atoms with van der Waals surface area (Å²) < 4.78 is 37.4. The highest BCUT2D eigenvalue weighted by molar-refractivity contribution is 7.89. The Kier molecular flexibility index (Phi) is 5.18. The zero-order valence-corrected chi connectivity index (χ0v) is 16.0. The first kappa shape index (κ1) is 18.9. The molecule has 8 heteroatoms. The molecule has 1 aliphatic heterocycles. The Labute approximate surface area is 158 Å². The number of hydrogen-bond acceptors (Lipinski definition) is 6. The summed E-state index contributed by atoms with van der Waals surface area (Å²) in [6.45, 7) is 1.88. The van der Waals surface area contributed by atoms with E-state index < -0.39 is 28.1 Å². The summed E-state index contributed by atoms with van der Waals surface area (Å²) in [5.41, 5.74) is 1.56. The molecule has 0 aromatic heterocycles. The Morgan fingerprint density at radius 3 is 2.22 bits per heavy atom. The van der Waals surface area contributed by atoms with Gasteiger partial charge in [0.2, 0.25) is 0 Å². The van der Waals surface area contributed by atoms with E-state index in [1.54, 1.807) is 43.5 Å². The van der Waals surface area contributed by atoms with E-state index in [0.29, 0.717) is 11.3 Å². The van der Waals surface area contributed by atoms with Gasteiger partial charge in [0.25, 0.3) is 10.0 Å². The fourth-order valence-electron chi connectivity index (χ4n) is 2.91. The smallest absolute Gasteiger partial charge is 0.333 e. The van der Waals surface area contributed by atoms with Crippen molar-refractivity contribution in [2.24, 2.45) is 4.99 Å². The second-order valence-corrected chi connectivity index (χ2v) is 7.94. The molecule has 0 radical (unpaired) electrons. The molecule has 3 rings (SSSR count). The van der Waals surface area contributed by atoms with Crippen LogP contribution in [0, 0.1) is 6.92 Å². The molecule has 1 aliphatic rings. The molecule has 0 unspecified atom stereocenters. The Bertz CT molecular complexity index is 953. The molecule has 27 heavy (non-hydrogen) atoms. The van der Waals surface area contributed by atoms with Gasteiger partial charge in [0, 0.05) is 0 Å². The van der Waals surface area contributed by atoms with Gasteiger partial charge in [-0.05, 0) is 36.8 Å². The standard InChI is InChI=1S/C19H20N2O5S/c1-13-4-10-16(11-5-13)27(23,24)21-12-20-17(19(22)26-3)18(21)14-6-8-15(25-2)9-7-14/h4-12,17-18H,1-3H3/t17-,18+/m0/s1. The van der Waals surface area contributed by atoms with Crippen LogP contribution in [0.1, 0.15) is 17.2 Å². The van der Waals surface area contributed by atoms with Crippen molar-refractivity contribution >= 4 is 22.3 Å². The SMILES string of the molecule is COC(=O)[C@H]1N=CN(S(=O)(=O)c2ccc(C)cc2)[C@@H]1c1ccc(OC)cc1. The Morgan fingerprint density at radius 2 is 1.67 bits per heavy atom. The van der Waals surface area contributed by atoms with E-state index in [9.17, 15) is 13.2 Å². The van der Waals surface area contributed by atoms with Gasteiger partial charge in [-0.15, -0.1) is 0 Å². The van der Waals surface area contributed by atoms with E-state index in [1.807, 2.05) is 6.92 Å². The van der Waals surface area contributed by atoms with Crippen LogP contribution in [0.2, 0.25) is 0 Å². The number of hydrogen-bond donors (Lipinski definition) is 0. The van der Waals surface area contributed by atoms with Gasteiger partial charge in [-0.2, -0.15) is 0 Å². The van der Waals surface area contributed by atoms with Crippen molar-refractivity contribution in [3.63, 3.8) is 0 Å². The number of ether oxygens (including phenoxy) is 2.